The fraction of sp³-hybridized carbons (Fsp3) is 0.500. The maximum atomic E-state index is 11.4. The van der Waals surface area contributed by atoms with E-state index in [2.05, 4.69) is 4.94 Å². The normalized spacial score (nSPS) is 23.7. The first-order valence-corrected chi connectivity index (χ1v) is 6.30. The summed E-state index contributed by atoms with van der Waals surface area (Å²) in [6.45, 7) is 2.00. The van der Waals surface area contributed by atoms with Gasteiger partial charge in [-0.1, -0.05) is 19.1 Å². The van der Waals surface area contributed by atoms with E-state index < -0.39 is 5.97 Å². The quantitative estimate of drug-likeness (QED) is 0.810. The third-order valence-corrected chi connectivity index (χ3v) is 3.39. The molecule has 1 aliphatic carbocycles. The van der Waals surface area contributed by atoms with Crippen LogP contribution in [0.25, 0.3) is 0 Å². The van der Waals surface area contributed by atoms with Crippen molar-refractivity contribution in [3.63, 3.8) is 0 Å². The zero-order valence-electron chi connectivity index (χ0n) is 10.4. The Labute approximate surface area is 106 Å². The molecule has 0 radical (unpaired) electrons. The van der Waals surface area contributed by atoms with Crippen LogP contribution in [0.5, 0.6) is 0 Å². The van der Waals surface area contributed by atoms with Gasteiger partial charge in [0.25, 0.3) is 0 Å². The predicted molar refractivity (Wildman–Crippen MR) is 64.9 cm³/mol. The van der Waals surface area contributed by atoms with E-state index in [1.54, 1.807) is 24.3 Å². The molecule has 98 valence electrons. The number of benzene rings is 1. The van der Waals surface area contributed by atoms with Gasteiger partial charge in [0.2, 0.25) is 0 Å². The monoisotopic (exact) mass is 252 g/mol. The molecule has 2 unspecified atom stereocenters. The Balaban J connectivity index is 0.000000164. The molecule has 1 saturated carbocycles. The molecule has 0 spiro atoms. The number of halogens is 1. The largest absolute Gasteiger partial charge is 0.379 e. The van der Waals surface area contributed by atoms with Gasteiger partial charge in [0.05, 0.1) is 17.8 Å². The first kappa shape index (κ1) is 13.0. The molecule has 1 aromatic rings. The molecule has 3 aliphatic rings. The highest BCUT2D eigenvalue weighted by atomic mass is 19.3. The van der Waals surface area contributed by atoms with Crippen molar-refractivity contribution < 1.29 is 19.0 Å². The number of ether oxygens (including phenoxy) is 1. The van der Waals surface area contributed by atoms with Crippen LogP contribution in [0.2, 0.25) is 0 Å². The Bertz CT molecular complexity index is 382. The van der Waals surface area contributed by atoms with Crippen molar-refractivity contribution in [2.24, 2.45) is 0 Å². The van der Waals surface area contributed by atoms with Gasteiger partial charge in [-0.05, 0) is 43.4 Å². The van der Waals surface area contributed by atoms with Crippen LogP contribution in [0.3, 0.4) is 0 Å². The minimum absolute atomic E-state index is 0.231. The molecular weight excluding hydrogens is 235 g/mol. The van der Waals surface area contributed by atoms with Gasteiger partial charge in [0, 0.05) is 4.53 Å². The second kappa shape index (κ2) is 5.96. The summed E-state index contributed by atoms with van der Waals surface area (Å²) in [6.07, 6.45) is 6.31. The molecule has 4 rings (SSSR count). The van der Waals surface area contributed by atoms with E-state index in [-0.39, 0.29) is 5.56 Å². The summed E-state index contributed by atoms with van der Waals surface area (Å²) in [5.74, 6) is -0.947. The summed E-state index contributed by atoms with van der Waals surface area (Å²) >= 11 is 0. The van der Waals surface area contributed by atoms with E-state index >= 15 is 0 Å². The van der Waals surface area contributed by atoms with Crippen molar-refractivity contribution in [2.75, 3.05) is 0 Å². The fourth-order valence-electron chi connectivity index (χ4n) is 2.22. The molecule has 0 amide bonds. The van der Waals surface area contributed by atoms with E-state index in [0.717, 1.165) is 12.0 Å². The van der Waals surface area contributed by atoms with Crippen LogP contribution in [0.15, 0.2) is 24.3 Å². The molecule has 0 N–H and O–H groups in total. The molecule has 1 aromatic carbocycles. The van der Waals surface area contributed by atoms with Crippen LogP contribution in [0.4, 0.5) is 4.53 Å². The molecule has 0 aromatic heterocycles. The van der Waals surface area contributed by atoms with Crippen molar-refractivity contribution in [3.05, 3.63) is 35.4 Å². The second-order valence-corrected chi connectivity index (χ2v) is 4.61. The molecule has 2 heterocycles. The van der Waals surface area contributed by atoms with E-state index in [9.17, 15) is 9.32 Å². The lowest BCUT2D eigenvalue weighted by molar-refractivity contribution is -0.0788. The summed E-state index contributed by atoms with van der Waals surface area (Å²) in [7, 11) is 0. The molecule has 3 nitrogen and oxygen atoms in total. The minimum atomic E-state index is -0.947. The highest BCUT2D eigenvalue weighted by molar-refractivity contribution is 5.88. The van der Waals surface area contributed by atoms with E-state index in [0.29, 0.717) is 12.2 Å². The van der Waals surface area contributed by atoms with Gasteiger partial charge in [0.1, 0.15) is 0 Å². The lowest BCUT2D eigenvalue weighted by atomic mass is 10.1. The number of hydrogen-bond donors (Lipinski definition) is 0. The lowest BCUT2D eigenvalue weighted by Gasteiger charge is -2.23. The van der Waals surface area contributed by atoms with Gasteiger partial charge in [-0.15, -0.1) is 0 Å². The Morgan fingerprint density at radius 1 is 1.33 bits per heavy atom. The van der Waals surface area contributed by atoms with Crippen molar-refractivity contribution in [3.8, 4) is 0 Å². The van der Waals surface area contributed by atoms with Crippen LogP contribution >= 0.6 is 0 Å². The number of aryl methyl sites for hydroxylation is 1. The van der Waals surface area contributed by atoms with E-state index in [1.165, 1.54) is 19.3 Å². The van der Waals surface area contributed by atoms with Crippen molar-refractivity contribution in [1.29, 1.82) is 0 Å². The fourth-order valence-corrected chi connectivity index (χ4v) is 2.22. The smallest absolute Gasteiger partial charge is 0.375 e. The van der Waals surface area contributed by atoms with Gasteiger partial charge < -0.3 is 4.74 Å². The minimum Gasteiger partial charge on any atom is -0.375 e. The van der Waals surface area contributed by atoms with Gasteiger partial charge in [-0.3, -0.25) is 0 Å². The molecule has 2 atom stereocenters. The van der Waals surface area contributed by atoms with Gasteiger partial charge in [0.15, 0.2) is 0 Å². The molecular formula is C14H17FO3. The van der Waals surface area contributed by atoms with Crippen LogP contribution in [-0.2, 0) is 16.1 Å². The Morgan fingerprint density at radius 2 is 1.89 bits per heavy atom. The average molecular weight is 252 g/mol. The average Bonchev–Trinajstić information content (AvgIpc) is 3.03. The Morgan fingerprint density at radius 3 is 2.22 bits per heavy atom. The van der Waals surface area contributed by atoms with Crippen LogP contribution in [0.1, 0.15) is 42.1 Å². The summed E-state index contributed by atoms with van der Waals surface area (Å²) in [4.78, 5) is 13.7. The highest BCUT2D eigenvalue weighted by Crippen LogP contribution is 2.36. The van der Waals surface area contributed by atoms with Crippen molar-refractivity contribution >= 4 is 5.97 Å². The van der Waals surface area contributed by atoms with Gasteiger partial charge in [-0.25, -0.2) is 9.74 Å². The van der Waals surface area contributed by atoms with Crippen LogP contribution in [-0.4, -0.2) is 18.2 Å². The number of carbonyl (C=O) groups is 1. The van der Waals surface area contributed by atoms with Gasteiger partial charge >= 0.3 is 5.97 Å². The Kier molecular flexibility index (Phi) is 4.31. The van der Waals surface area contributed by atoms with Crippen molar-refractivity contribution in [1.82, 2.24) is 0 Å². The standard InChI is InChI=1S/C9H9FO2.C5H8O/c1-2-7-3-5-8(6-4-7)9(11)12-10;1-2-5-3-4(1)6-5/h3-6H,2H2,1H3;4-5H,1-3H2. The molecule has 18 heavy (non-hydrogen) atoms. The molecule has 4 heteroatoms. The molecule has 2 bridgehead atoms. The first-order chi connectivity index (χ1) is 8.72. The molecule has 3 fully saturated rings. The zero-order valence-corrected chi connectivity index (χ0v) is 10.4. The first-order valence-electron chi connectivity index (χ1n) is 6.30. The third kappa shape index (κ3) is 3.07. The summed E-state index contributed by atoms with van der Waals surface area (Å²) in [6, 6.07) is 6.62. The zero-order chi connectivity index (χ0) is 13.0. The van der Waals surface area contributed by atoms with Crippen LogP contribution in [0, 0.1) is 0 Å². The van der Waals surface area contributed by atoms with Gasteiger partial charge in [-0.2, -0.15) is 0 Å². The lowest BCUT2D eigenvalue weighted by Crippen LogP contribution is -2.25. The number of carbonyl (C=O) groups excluding carboxylic acids is 1. The van der Waals surface area contributed by atoms with Crippen molar-refractivity contribution in [2.45, 2.75) is 44.8 Å². The number of hydrogen-bond acceptors (Lipinski definition) is 3. The molecule has 2 aliphatic heterocycles. The van der Waals surface area contributed by atoms with E-state index in [1.807, 2.05) is 6.92 Å². The topological polar surface area (TPSA) is 35.5 Å². The summed E-state index contributed by atoms with van der Waals surface area (Å²) < 4.78 is 16.7. The maximum absolute atomic E-state index is 11.4. The van der Waals surface area contributed by atoms with Crippen LogP contribution < -0.4 is 0 Å². The molecule has 2 saturated heterocycles. The third-order valence-electron chi connectivity index (χ3n) is 3.39. The Hall–Kier alpha value is -1.42. The summed E-state index contributed by atoms with van der Waals surface area (Å²) in [5, 5.41) is 0. The number of rotatable bonds is 2. The summed E-state index contributed by atoms with van der Waals surface area (Å²) in [5.41, 5.74) is 1.33. The van der Waals surface area contributed by atoms with E-state index in [4.69, 9.17) is 4.74 Å². The highest BCUT2D eigenvalue weighted by Gasteiger charge is 2.36. The number of fused-ring (bicyclic) bond motifs is 1. The SMILES string of the molecule is C1CC2CC1O2.CCc1ccc(C(=O)OF)cc1. The predicted octanol–water partition coefficient (Wildman–Crippen LogP) is 3.23. The maximum Gasteiger partial charge on any atom is 0.379 e. The second-order valence-electron chi connectivity index (χ2n) is 4.61.